The lowest BCUT2D eigenvalue weighted by molar-refractivity contribution is 0.0589. The van der Waals surface area contributed by atoms with Gasteiger partial charge in [0.15, 0.2) is 5.69 Å². The molecule has 0 radical (unpaired) electrons. The predicted octanol–water partition coefficient (Wildman–Crippen LogP) is 5.34. The number of methoxy groups -OCH3 is 1. The van der Waals surface area contributed by atoms with Gasteiger partial charge in [0.05, 0.1) is 30.2 Å². The maximum absolute atomic E-state index is 13.1. The van der Waals surface area contributed by atoms with Crippen molar-refractivity contribution in [2.75, 3.05) is 24.3 Å². The Labute approximate surface area is 210 Å². The number of carbonyl (C=O) groups is 2. The molecule has 0 fully saturated rings. The van der Waals surface area contributed by atoms with E-state index >= 15 is 0 Å². The van der Waals surface area contributed by atoms with E-state index in [-0.39, 0.29) is 23.4 Å². The van der Waals surface area contributed by atoms with Crippen LogP contribution in [0.1, 0.15) is 53.1 Å². The van der Waals surface area contributed by atoms with Crippen LogP contribution in [-0.4, -0.2) is 40.1 Å². The van der Waals surface area contributed by atoms with E-state index in [1.165, 1.54) is 18.9 Å². The Morgan fingerprint density at radius 3 is 2.50 bits per heavy atom. The number of amides is 1. The standard InChI is InChI=1S/C28H31N5O3/c1-18(2)17-33-25(28(35)36-4)24(32-27(34)21-11-8-12-29-15-21)23-13-22(16-31-26(23)33)30-14-19(3)20-9-6-5-7-10-20/h5-13,15-16,18-19,30H,14,17H2,1-4H3,(H,32,34). The zero-order valence-electron chi connectivity index (χ0n) is 21.0. The van der Waals surface area contributed by atoms with Crippen LogP contribution in [0.5, 0.6) is 0 Å². The van der Waals surface area contributed by atoms with Crippen LogP contribution < -0.4 is 10.6 Å². The first-order valence-corrected chi connectivity index (χ1v) is 12.0. The van der Waals surface area contributed by atoms with Gasteiger partial charge in [-0.25, -0.2) is 9.78 Å². The molecule has 8 nitrogen and oxygen atoms in total. The third-order valence-corrected chi connectivity index (χ3v) is 5.97. The first kappa shape index (κ1) is 24.9. The number of nitrogens with zero attached hydrogens (tertiary/aromatic N) is 3. The molecule has 0 saturated heterocycles. The highest BCUT2D eigenvalue weighted by molar-refractivity contribution is 6.14. The Morgan fingerprint density at radius 2 is 1.83 bits per heavy atom. The topological polar surface area (TPSA) is 98.1 Å². The molecule has 1 atom stereocenters. The number of aromatic nitrogens is 3. The van der Waals surface area contributed by atoms with Gasteiger partial charge in [-0.15, -0.1) is 0 Å². The fourth-order valence-corrected chi connectivity index (χ4v) is 4.15. The summed E-state index contributed by atoms with van der Waals surface area (Å²) >= 11 is 0. The molecule has 3 heterocycles. The van der Waals surface area contributed by atoms with E-state index < -0.39 is 5.97 Å². The molecule has 0 spiro atoms. The van der Waals surface area contributed by atoms with Crippen molar-refractivity contribution in [2.24, 2.45) is 5.92 Å². The zero-order valence-corrected chi connectivity index (χ0v) is 21.0. The molecule has 0 aliphatic heterocycles. The predicted molar refractivity (Wildman–Crippen MR) is 141 cm³/mol. The second-order valence-electron chi connectivity index (χ2n) is 9.20. The second kappa shape index (κ2) is 11.0. The molecule has 0 aliphatic rings. The van der Waals surface area contributed by atoms with E-state index in [0.717, 1.165) is 5.69 Å². The van der Waals surface area contributed by atoms with Gasteiger partial charge in [0, 0.05) is 30.9 Å². The Morgan fingerprint density at radius 1 is 1.06 bits per heavy atom. The van der Waals surface area contributed by atoms with Gasteiger partial charge in [-0.05, 0) is 35.6 Å². The molecule has 3 aromatic heterocycles. The molecular weight excluding hydrogens is 454 g/mol. The average Bonchev–Trinajstić information content (AvgIpc) is 3.19. The SMILES string of the molecule is COC(=O)c1c(NC(=O)c2cccnc2)c2cc(NCC(C)c3ccccc3)cnc2n1CC(C)C. The zero-order chi connectivity index (χ0) is 25.7. The Balaban J connectivity index is 1.75. The highest BCUT2D eigenvalue weighted by Crippen LogP contribution is 2.34. The van der Waals surface area contributed by atoms with Crippen LogP contribution >= 0.6 is 0 Å². The number of hydrogen-bond donors (Lipinski definition) is 2. The maximum Gasteiger partial charge on any atom is 0.356 e. The third-order valence-electron chi connectivity index (χ3n) is 5.97. The number of pyridine rings is 2. The molecular formula is C28H31N5O3. The Bertz CT molecular complexity index is 1350. The van der Waals surface area contributed by atoms with E-state index in [2.05, 4.69) is 48.5 Å². The number of anilines is 2. The number of carbonyl (C=O) groups excluding carboxylic acids is 2. The molecule has 4 rings (SSSR count). The molecule has 1 amide bonds. The molecule has 0 aliphatic carbocycles. The lowest BCUT2D eigenvalue weighted by atomic mass is 10.0. The average molecular weight is 486 g/mol. The number of esters is 1. The molecule has 186 valence electrons. The minimum absolute atomic E-state index is 0.234. The van der Waals surface area contributed by atoms with Crippen LogP contribution in [0.3, 0.4) is 0 Å². The van der Waals surface area contributed by atoms with Crippen molar-refractivity contribution < 1.29 is 14.3 Å². The molecule has 1 aromatic carbocycles. The summed E-state index contributed by atoms with van der Waals surface area (Å²) in [5, 5.41) is 7.04. The summed E-state index contributed by atoms with van der Waals surface area (Å²) in [6.07, 6.45) is 4.84. The first-order chi connectivity index (χ1) is 17.4. The number of ether oxygens (including phenoxy) is 1. The van der Waals surface area contributed by atoms with E-state index in [9.17, 15) is 9.59 Å². The van der Waals surface area contributed by atoms with E-state index in [1.54, 1.807) is 24.5 Å². The van der Waals surface area contributed by atoms with Crippen molar-refractivity contribution in [3.05, 3.63) is 83.9 Å². The van der Waals surface area contributed by atoms with Crippen LogP contribution in [0, 0.1) is 5.92 Å². The summed E-state index contributed by atoms with van der Waals surface area (Å²) in [7, 11) is 1.33. The quantitative estimate of drug-likeness (QED) is 0.311. The highest BCUT2D eigenvalue weighted by atomic mass is 16.5. The van der Waals surface area contributed by atoms with E-state index in [0.29, 0.717) is 35.4 Å². The molecule has 8 heteroatoms. The fourth-order valence-electron chi connectivity index (χ4n) is 4.15. The highest BCUT2D eigenvalue weighted by Gasteiger charge is 2.27. The Hall–Kier alpha value is -4.20. The van der Waals surface area contributed by atoms with Crippen molar-refractivity contribution in [1.82, 2.24) is 14.5 Å². The number of fused-ring (bicyclic) bond motifs is 1. The third kappa shape index (κ3) is 5.38. The monoisotopic (exact) mass is 485 g/mol. The minimum atomic E-state index is -0.539. The largest absolute Gasteiger partial charge is 0.464 e. The summed E-state index contributed by atoms with van der Waals surface area (Å²) in [5.74, 6) is -0.393. The molecule has 0 bridgehead atoms. The van der Waals surface area contributed by atoms with Crippen LogP contribution in [0.25, 0.3) is 11.0 Å². The smallest absolute Gasteiger partial charge is 0.356 e. The molecule has 2 N–H and O–H groups in total. The number of benzene rings is 1. The normalized spacial score (nSPS) is 11.9. The molecule has 36 heavy (non-hydrogen) atoms. The number of hydrogen-bond acceptors (Lipinski definition) is 6. The second-order valence-corrected chi connectivity index (χ2v) is 9.20. The molecule has 4 aromatic rings. The van der Waals surface area contributed by atoms with Gasteiger partial charge < -0.3 is 19.9 Å². The van der Waals surface area contributed by atoms with Crippen LogP contribution in [0.15, 0.2) is 67.1 Å². The number of nitrogens with one attached hydrogen (secondary N) is 2. The van der Waals surface area contributed by atoms with Crippen LogP contribution in [0.2, 0.25) is 0 Å². The first-order valence-electron chi connectivity index (χ1n) is 12.0. The van der Waals surface area contributed by atoms with E-state index in [1.807, 2.05) is 28.8 Å². The van der Waals surface area contributed by atoms with Gasteiger partial charge in [-0.3, -0.25) is 9.78 Å². The van der Waals surface area contributed by atoms with Gasteiger partial charge in [-0.2, -0.15) is 0 Å². The minimum Gasteiger partial charge on any atom is -0.464 e. The van der Waals surface area contributed by atoms with Crippen molar-refractivity contribution in [2.45, 2.75) is 33.2 Å². The number of rotatable bonds is 9. The lowest BCUT2D eigenvalue weighted by Gasteiger charge is -2.14. The van der Waals surface area contributed by atoms with Crippen LogP contribution in [-0.2, 0) is 11.3 Å². The van der Waals surface area contributed by atoms with Crippen molar-refractivity contribution in [1.29, 1.82) is 0 Å². The van der Waals surface area contributed by atoms with Crippen molar-refractivity contribution in [3.63, 3.8) is 0 Å². The van der Waals surface area contributed by atoms with Gasteiger partial charge in [0.1, 0.15) is 5.65 Å². The Kier molecular flexibility index (Phi) is 7.63. The van der Waals surface area contributed by atoms with Crippen LogP contribution in [0.4, 0.5) is 11.4 Å². The summed E-state index contributed by atoms with van der Waals surface area (Å²) in [5.41, 5.74) is 3.66. The molecule has 1 unspecified atom stereocenters. The van der Waals surface area contributed by atoms with Gasteiger partial charge >= 0.3 is 5.97 Å². The van der Waals surface area contributed by atoms with Gasteiger partial charge in [0.2, 0.25) is 0 Å². The summed E-state index contributed by atoms with van der Waals surface area (Å²) in [6, 6.07) is 15.6. The van der Waals surface area contributed by atoms with Gasteiger partial charge in [0.25, 0.3) is 5.91 Å². The van der Waals surface area contributed by atoms with E-state index in [4.69, 9.17) is 9.72 Å². The molecule has 0 saturated carbocycles. The summed E-state index contributed by atoms with van der Waals surface area (Å²) in [6.45, 7) is 7.51. The van der Waals surface area contributed by atoms with Gasteiger partial charge in [-0.1, -0.05) is 51.1 Å². The fraction of sp³-hybridized carbons (Fsp3) is 0.286. The lowest BCUT2D eigenvalue weighted by Crippen LogP contribution is -2.18. The van der Waals surface area contributed by atoms with Crippen molar-refractivity contribution in [3.8, 4) is 0 Å². The maximum atomic E-state index is 13.1. The summed E-state index contributed by atoms with van der Waals surface area (Å²) < 4.78 is 6.93. The summed E-state index contributed by atoms with van der Waals surface area (Å²) in [4.78, 5) is 34.7. The van der Waals surface area contributed by atoms with Crippen molar-refractivity contribution >= 4 is 34.3 Å².